The van der Waals surface area contributed by atoms with Crippen molar-refractivity contribution in [2.24, 2.45) is 5.92 Å². The number of hydrogen-bond acceptors (Lipinski definition) is 4. The standard InChI is InChI=1S/C13H24O4/c1-7-8-10(16-6)11(14)9(2)12(15)17-13(3,4)5/h9-10H,7-8H2,1-6H3. The molecule has 0 saturated carbocycles. The third-order valence-corrected chi connectivity index (χ3v) is 2.34. The van der Waals surface area contributed by atoms with Crippen LogP contribution in [0, 0.1) is 5.92 Å². The van der Waals surface area contributed by atoms with Crippen LogP contribution in [0.1, 0.15) is 47.5 Å². The Balaban J connectivity index is 4.52. The molecule has 0 fully saturated rings. The fraction of sp³-hybridized carbons (Fsp3) is 0.846. The quantitative estimate of drug-likeness (QED) is 0.531. The number of Topliss-reactive ketones (excluding diaryl/α,β-unsaturated/α-hetero) is 1. The molecule has 0 amide bonds. The van der Waals surface area contributed by atoms with Crippen molar-refractivity contribution in [3.63, 3.8) is 0 Å². The Hall–Kier alpha value is -0.900. The number of rotatable bonds is 6. The molecule has 0 rings (SSSR count). The van der Waals surface area contributed by atoms with E-state index in [0.717, 1.165) is 6.42 Å². The Labute approximate surface area is 104 Å². The van der Waals surface area contributed by atoms with Crippen LogP contribution in [0.4, 0.5) is 0 Å². The number of methoxy groups -OCH3 is 1. The molecular weight excluding hydrogens is 220 g/mol. The molecule has 4 heteroatoms. The maximum atomic E-state index is 12.0. The van der Waals surface area contributed by atoms with Crippen LogP contribution in [0.25, 0.3) is 0 Å². The lowest BCUT2D eigenvalue weighted by molar-refractivity contribution is -0.163. The highest BCUT2D eigenvalue weighted by Gasteiger charge is 2.31. The minimum atomic E-state index is -0.772. The molecule has 0 aliphatic rings. The van der Waals surface area contributed by atoms with Crippen molar-refractivity contribution < 1.29 is 19.1 Å². The van der Waals surface area contributed by atoms with Gasteiger partial charge < -0.3 is 9.47 Å². The third-order valence-electron chi connectivity index (χ3n) is 2.34. The molecule has 100 valence electrons. The van der Waals surface area contributed by atoms with E-state index in [4.69, 9.17) is 9.47 Å². The van der Waals surface area contributed by atoms with E-state index < -0.39 is 23.6 Å². The topological polar surface area (TPSA) is 52.6 Å². The summed E-state index contributed by atoms with van der Waals surface area (Å²) in [6.07, 6.45) is 0.954. The lowest BCUT2D eigenvalue weighted by Gasteiger charge is -2.23. The molecule has 0 N–H and O–H groups in total. The fourth-order valence-corrected chi connectivity index (χ4v) is 1.42. The second kappa shape index (κ2) is 6.74. The van der Waals surface area contributed by atoms with Crippen molar-refractivity contribution in [3.8, 4) is 0 Å². The van der Waals surface area contributed by atoms with Gasteiger partial charge in [0, 0.05) is 7.11 Å². The second-order valence-corrected chi connectivity index (χ2v) is 5.17. The monoisotopic (exact) mass is 244 g/mol. The highest BCUT2D eigenvalue weighted by molar-refractivity contribution is 6.00. The van der Waals surface area contributed by atoms with Crippen molar-refractivity contribution in [2.75, 3.05) is 7.11 Å². The summed E-state index contributed by atoms with van der Waals surface area (Å²) < 4.78 is 10.3. The maximum Gasteiger partial charge on any atom is 0.316 e. The highest BCUT2D eigenvalue weighted by atomic mass is 16.6. The predicted octanol–water partition coefficient (Wildman–Crippen LogP) is 2.35. The van der Waals surface area contributed by atoms with Crippen molar-refractivity contribution in [3.05, 3.63) is 0 Å². The molecule has 0 aliphatic heterocycles. The molecule has 2 unspecified atom stereocenters. The molecule has 0 aromatic carbocycles. The average Bonchev–Trinajstić information content (AvgIpc) is 2.21. The van der Waals surface area contributed by atoms with Gasteiger partial charge in [-0.3, -0.25) is 9.59 Å². The van der Waals surface area contributed by atoms with Crippen LogP contribution in [0.2, 0.25) is 0 Å². The number of hydrogen-bond donors (Lipinski definition) is 0. The number of carbonyl (C=O) groups excluding carboxylic acids is 2. The first-order chi connectivity index (χ1) is 7.72. The van der Waals surface area contributed by atoms with Crippen molar-refractivity contribution in [1.82, 2.24) is 0 Å². The minimum absolute atomic E-state index is 0.205. The molecule has 0 aromatic heterocycles. The molecular formula is C13H24O4. The van der Waals surface area contributed by atoms with Crippen molar-refractivity contribution >= 4 is 11.8 Å². The maximum absolute atomic E-state index is 12.0. The van der Waals surface area contributed by atoms with Gasteiger partial charge in [-0.25, -0.2) is 0 Å². The molecule has 0 aliphatic carbocycles. The van der Waals surface area contributed by atoms with E-state index in [-0.39, 0.29) is 5.78 Å². The van der Waals surface area contributed by atoms with Gasteiger partial charge in [0.05, 0.1) is 0 Å². The Morgan fingerprint density at radius 3 is 2.12 bits per heavy atom. The third kappa shape index (κ3) is 5.82. The molecule has 0 bridgehead atoms. The largest absolute Gasteiger partial charge is 0.459 e. The van der Waals surface area contributed by atoms with E-state index >= 15 is 0 Å². The number of ketones is 1. The van der Waals surface area contributed by atoms with Crippen LogP contribution in [0.3, 0.4) is 0 Å². The van der Waals surface area contributed by atoms with Crippen LogP contribution in [0.5, 0.6) is 0 Å². The Bertz CT molecular complexity index is 265. The first-order valence-corrected chi connectivity index (χ1v) is 6.02. The second-order valence-electron chi connectivity index (χ2n) is 5.17. The van der Waals surface area contributed by atoms with Gasteiger partial charge in [0.2, 0.25) is 0 Å². The molecule has 4 nitrogen and oxygen atoms in total. The normalized spacial score (nSPS) is 15.2. The Morgan fingerprint density at radius 2 is 1.76 bits per heavy atom. The van der Waals surface area contributed by atoms with E-state index in [2.05, 4.69) is 0 Å². The van der Waals surface area contributed by atoms with E-state index in [1.807, 2.05) is 6.92 Å². The van der Waals surface area contributed by atoms with E-state index in [0.29, 0.717) is 6.42 Å². The summed E-state index contributed by atoms with van der Waals surface area (Å²) in [7, 11) is 1.49. The molecule has 0 spiro atoms. The summed E-state index contributed by atoms with van der Waals surface area (Å²) in [5.41, 5.74) is -0.570. The number of ether oxygens (including phenoxy) is 2. The van der Waals surface area contributed by atoms with Crippen LogP contribution in [-0.2, 0) is 19.1 Å². The lowest BCUT2D eigenvalue weighted by Crippen LogP contribution is -2.36. The zero-order chi connectivity index (χ0) is 13.6. The number of esters is 1. The number of carbonyl (C=O) groups is 2. The molecule has 2 atom stereocenters. The van der Waals surface area contributed by atoms with E-state index in [9.17, 15) is 9.59 Å². The van der Waals surface area contributed by atoms with Crippen LogP contribution >= 0.6 is 0 Å². The first kappa shape index (κ1) is 16.1. The predicted molar refractivity (Wildman–Crippen MR) is 65.7 cm³/mol. The van der Waals surface area contributed by atoms with Crippen molar-refractivity contribution in [1.29, 1.82) is 0 Å². The minimum Gasteiger partial charge on any atom is -0.459 e. The Morgan fingerprint density at radius 1 is 1.24 bits per heavy atom. The van der Waals surface area contributed by atoms with Crippen LogP contribution < -0.4 is 0 Å². The summed E-state index contributed by atoms with van der Waals surface area (Å²) in [5.74, 6) is -1.46. The van der Waals surface area contributed by atoms with Crippen LogP contribution in [-0.4, -0.2) is 30.6 Å². The molecule has 0 radical (unpaired) electrons. The molecule has 0 heterocycles. The molecule has 0 saturated heterocycles. The van der Waals surface area contributed by atoms with Gasteiger partial charge in [-0.1, -0.05) is 13.3 Å². The fourth-order valence-electron chi connectivity index (χ4n) is 1.42. The zero-order valence-electron chi connectivity index (χ0n) is 11.7. The van der Waals surface area contributed by atoms with Gasteiger partial charge in [-0.05, 0) is 34.1 Å². The summed E-state index contributed by atoms with van der Waals surface area (Å²) >= 11 is 0. The summed E-state index contributed by atoms with van der Waals surface area (Å²) in [5, 5.41) is 0. The molecule has 0 aromatic rings. The Kier molecular flexibility index (Phi) is 6.39. The van der Waals surface area contributed by atoms with E-state index in [1.165, 1.54) is 7.11 Å². The van der Waals surface area contributed by atoms with Gasteiger partial charge in [0.1, 0.15) is 17.6 Å². The van der Waals surface area contributed by atoms with Gasteiger partial charge in [-0.15, -0.1) is 0 Å². The van der Waals surface area contributed by atoms with Crippen LogP contribution in [0.15, 0.2) is 0 Å². The summed E-state index contributed by atoms with van der Waals surface area (Å²) in [6.45, 7) is 8.88. The van der Waals surface area contributed by atoms with Gasteiger partial charge in [0.15, 0.2) is 5.78 Å². The van der Waals surface area contributed by atoms with E-state index in [1.54, 1.807) is 27.7 Å². The van der Waals surface area contributed by atoms with Gasteiger partial charge in [-0.2, -0.15) is 0 Å². The van der Waals surface area contributed by atoms with Crippen molar-refractivity contribution in [2.45, 2.75) is 59.2 Å². The SMILES string of the molecule is CCCC(OC)C(=O)C(C)C(=O)OC(C)(C)C. The van der Waals surface area contributed by atoms with Gasteiger partial charge in [0.25, 0.3) is 0 Å². The summed E-state index contributed by atoms with van der Waals surface area (Å²) in [6, 6.07) is 0. The summed E-state index contributed by atoms with van der Waals surface area (Å²) in [4.78, 5) is 23.7. The molecule has 17 heavy (non-hydrogen) atoms. The van der Waals surface area contributed by atoms with Gasteiger partial charge >= 0.3 is 5.97 Å². The smallest absolute Gasteiger partial charge is 0.316 e. The lowest BCUT2D eigenvalue weighted by atomic mass is 9.98. The first-order valence-electron chi connectivity index (χ1n) is 6.02. The highest BCUT2D eigenvalue weighted by Crippen LogP contribution is 2.15. The zero-order valence-corrected chi connectivity index (χ0v) is 11.7. The average molecular weight is 244 g/mol.